The molecule has 2 rings (SSSR count). The molecule has 0 aliphatic heterocycles. The SMILES string of the molecule is CCCCCCCCCCOc1ccc[n+](CC(O)C[n+]2cccc(OCCCCCCCCCC)c2)c1. The number of aliphatic hydroxyl groups excluding tert-OH is 1. The molecule has 0 spiro atoms. The molecule has 0 aliphatic rings. The van der Waals surface area contributed by atoms with Crippen LogP contribution < -0.4 is 18.6 Å². The summed E-state index contributed by atoms with van der Waals surface area (Å²) in [5, 5.41) is 10.7. The van der Waals surface area contributed by atoms with Crippen molar-refractivity contribution >= 4 is 0 Å². The average molecular weight is 529 g/mol. The summed E-state index contributed by atoms with van der Waals surface area (Å²) < 4.78 is 16.0. The highest BCUT2D eigenvalue weighted by Crippen LogP contribution is 2.12. The molecule has 0 saturated heterocycles. The topological polar surface area (TPSA) is 46.5 Å². The van der Waals surface area contributed by atoms with Gasteiger partial charge in [-0.3, -0.25) is 0 Å². The summed E-state index contributed by atoms with van der Waals surface area (Å²) in [4.78, 5) is 0. The Balaban J connectivity index is 1.62. The first-order valence-electron chi connectivity index (χ1n) is 15.6. The maximum Gasteiger partial charge on any atom is 0.211 e. The average Bonchev–Trinajstić information content (AvgIpc) is 2.91. The number of hydrogen-bond acceptors (Lipinski definition) is 3. The molecule has 0 aliphatic carbocycles. The lowest BCUT2D eigenvalue weighted by Crippen LogP contribution is -2.47. The van der Waals surface area contributed by atoms with Gasteiger partial charge in [0.2, 0.25) is 12.4 Å². The number of unbranched alkanes of at least 4 members (excludes halogenated alkanes) is 14. The molecule has 2 heterocycles. The minimum atomic E-state index is -0.504. The highest BCUT2D eigenvalue weighted by atomic mass is 16.5. The van der Waals surface area contributed by atoms with Crippen LogP contribution >= 0.6 is 0 Å². The molecule has 0 amide bonds. The van der Waals surface area contributed by atoms with E-state index in [0.29, 0.717) is 13.1 Å². The summed E-state index contributed by atoms with van der Waals surface area (Å²) in [5.41, 5.74) is 0. The summed E-state index contributed by atoms with van der Waals surface area (Å²) in [5.74, 6) is 1.73. The first-order valence-corrected chi connectivity index (χ1v) is 15.6. The van der Waals surface area contributed by atoms with Gasteiger partial charge in [-0.2, -0.15) is 9.13 Å². The van der Waals surface area contributed by atoms with Crippen LogP contribution in [0, 0.1) is 0 Å². The normalized spacial score (nSPS) is 11.3. The summed E-state index contributed by atoms with van der Waals surface area (Å²) in [7, 11) is 0. The second kappa shape index (κ2) is 21.8. The second-order valence-corrected chi connectivity index (χ2v) is 10.8. The van der Waals surface area contributed by atoms with Crippen LogP contribution in [-0.2, 0) is 13.1 Å². The summed E-state index contributed by atoms with van der Waals surface area (Å²) in [6.07, 6.45) is 28.2. The zero-order chi connectivity index (χ0) is 27.1. The van der Waals surface area contributed by atoms with Crippen molar-refractivity contribution in [1.29, 1.82) is 0 Å². The minimum absolute atomic E-state index is 0.504. The van der Waals surface area contributed by atoms with E-state index in [0.717, 1.165) is 37.6 Å². The Kier molecular flexibility index (Phi) is 18.4. The number of pyridine rings is 2. The fraction of sp³-hybridized carbons (Fsp3) is 0.697. The molecule has 214 valence electrons. The Hall–Kier alpha value is -2.14. The van der Waals surface area contributed by atoms with Crippen LogP contribution in [0.2, 0.25) is 0 Å². The highest BCUT2D eigenvalue weighted by Gasteiger charge is 2.17. The molecule has 1 N–H and O–H groups in total. The third-order valence-corrected chi connectivity index (χ3v) is 7.04. The predicted molar refractivity (Wildman–Crippen MR) is 155 cm³/mol. The van der Waals surface area contributed by atoms with E-state index in [2.05, 4.69) is 13.8 Å². The quantitative estimate of drug-likeness (QED) is 0.114. The van der Waals surface area contributed by atoms with E-state index in [9.17, 15) is 5.11 Å². The van der Waals surface area contributed by atoms with Crippen molar-refractivity contribution in [2.24, 2.45) is 0 Å². The number of hydrogen-bond donors (Lipinski definition) is 1. The lowest BCUT2D eigenvalue weighted by Gasteiger charge is -2.08. The number of aromatic nitrogens is 2. The van der Waals surface area contributed by atoms with Gasteiger partial charge in [0.25, 0.3) is 0 Å². The van der Waals surface area contributed by atoms with Gasteiger partial charge in [-0.05, 0) is 25.0 Å². The molecule has 2 aromatic rings. The first-order chi connectivity index (χ1) is 18.7. The number of rotatable bonds is 24. The lowest BCUT2D eigenvalue weighted by molar-refractivity contribution is -0.738. The van der Waals surface area contributed by atoms with Crippen LogP contribution in [0.3, 0.4) is 0 Å². The predicted octanol–water partition coefficient (Wildman–Crippen LogP) is 7.36. The molecule has 5 nitrogen and oxygen atoms in total. The summed E-state index contributed by atoms with van der Waals surface area (Å²) in [6.45, 7) is 7.07. The van der Waals surface area contributed by atoms with E-state index >= 15 is 0 Å². The molecular formula is C33H56N2O3+2. The van der Waals surface area contributed by atoms with Crippen molar-refractivity contribution in [2.45, 2.75) is 136 Å². The fourth-order valence-electron chi connectivity index (χ4n) is 4.79. The molecule has 5 heteroatoms. The van der Waals surface area contributed by atoms with Crippen LogP contribution in [-0.4, -0.2) is 24.4 Å². The number of aliphatic hydroxyl groups is 1. The Morgan fingerprint density at radius 1 is 0.579 bits per heavy atom. The number of nitrogens with zero attached hydrogens (tertiary/aromatic N) is 2. The molecule has 0 unspecified atom stereocenters. The summed E-state index contributed by atoms with van der Waals surface area (Å²) >= 11 is 0. The molecular weight excluding hydrogens is 472 g/mol. The summed E-state index contributed by atoms with van der Waals surface area (Å²) in [6, 6.07) is 7.97. The second-order valence-electron chi connectivity index (χ2n) is 10.8. The number of ether oxygens (including phenoxy) is 2. The van der Waals surface area contributed by atoms with E-state index in [1.54, 1.807) is 0 Å². The molecule has 0 atom stereocenters. The van der Waals surface area contributed by atoms with Crippen LogP contribution in [0.1, 0.15) is 117 Å². The van der Waals surface area contributed by atoms with E-state index in [1.165, 1.54) is 89.9 Å². The van der Waals surface area contributed by atoms with Gasteiger partial charge in [0.05, 0.1) is 13.2 Å². The van der Waals surface area contributed by atoms with E-state index in [1.807, 2.05) is 58.2 Å². The Morgan fingerprint density at radius 3 is 1.34 bits per heavy atom. The maximum atomic E-state index is 10.7. The van der Waals surface area contributed by atoms with Crippen LogP contribution in [0.25, 0.3) is 0 Å². The monoisotopic (exact) mass is 528 g/mol. The third-order valence-electron chi connectivity index (χ3n) is 7.04. The van der Waals surface area contributed by atoms with Crippen LogP contribution in [0.4, 0.5) is 0 Å². The van der Waals surface area contributed by atoms with Crippen molar-refractivity contribution in [2.75, 3.05) is 13.2 Å². The maximum absolute atomic E-state index is 10.7. The minimum Gasteiger partial charge on any atom is -0.487 e. The highest BCUT2D eigenvalue weighted by molar-refractivity contribution is 5.13. The smallest absolute Gasteiger partial charge is 0.211 e. The third kappa shape index (κ3) is 16.0. The van der Waals surface area contributed by atoms with Crippen LogP contribution in [0.5, 0.6) is 11.5 Å². The Labute approximate surface area is 233 Å². The van der Waals surface area contributed by atoms with Gasteiger partial charge < -0.3 is 14.6 Å². The first kappa shape index (κ1) is 32.1. The molecule has 0 aromatic carbocycles. The van der Waals surface area contributed by atoms with E-state index < -0.39 is 6.10 Å². The molecule has 0 radical (unpaired) electrons. The lowest BCUT2D eigenvalue weighted by atomic mass is 10.1. The fourth-order valence-corrected chi connectivity index (χ4v) is 4.79. The standard InChI is InChI=1S/C33H56N2O3/c1-3-5-7-9-11-13-15-17-25-37-32-21-19-23-34(29-32)27-31(36)28-35-24-20-22-33(30-35)38-26-18-16-14-12-10-8-6-4-2/h19-24,29-31,36H,3-18,25-28H2,1-2H3/q+2. The van der Waals surface area contributed by atoms with Crippen molar-refractivity contribution in [3.05, 3.63) is 49.1 Å². The molecule has 0 fully saturated rings. The molecule has 38 heavy (non-hydrogen) atoms. The van der Waals surface area contributed by atoms with Crippen molar-refractivity contribution in [3.8, 4) is 11.5 Å². The zero-order valence-electron chi connectivity index (χ0n) is 24.5. The van der Waals surface area contributed by atoms with E-state index in [4.69, 9.17) is 9.47 Å². The van der Waals surface area contributed by atoms with Gasteiger partial charge in [0.15, 0.2) is 43.1 Å². The largest absolute Gasteiger partial charge is 0.487 e. The van der Waals surface area contributed by atoms with Crippen molar-refractivity contribution in [3.63, 3.8) is 0 Å². The molecule has 0 saturated carbocycles. The molecule has 2 aromatic heterocycles. The van der Waals surface area contributed by atoms with Gasteiger partial charge in [0, 0.05) is 12.1 Å². The van der Waals surface area contributed by atoms with Crippen LogP contribution in [0.15, 0.2) is 49.1 Å². The van der Waals surface area contributed by atoms with Crippen molar-refractivity contribution in [1.82, 2.24) is 0 Å². The van der Waals surface area contributed by atoms with Gasteiger partial charge in [0.1, 0.15) is 0 Å². The Bertz CT molecular complexity index is 762. The molecule has 0 bridgehead atoms. The van der Waals surface area contributed by atoms with Crippen molar-refractivity contribution < 1.29 is 23.7 Å². The van der Waals surface area contributed by atoms with Gasteiger partial charge in [-0.25, -0.2) is 0 Å². The van der Waals surface area contributed by atoms with Gasteiger partial charge in [-0.1, -0.05) is 104 Å². The van der Waals surface area contributed by atoms with E-state index in [-0.39, 0.29) is 0 Å². The Morgan fingerprint density at radius 2 is 0.947 bits per heavy atom. The van der Waals surface area contributed by atoms with Gasteiger partial charge >= 0.3 is 0 Å². The van der Waals surface area contributed by atoms with Gasteiger partial charge in [-0.15, -0.1) is 0 Å². The zero-order valence-corrected chi connectivity index (χ0v) is 24.5.